The molecule has 126 valence electrons. The van der Waals surface area contributed by atoms with Crippen LogP contribution in [0, 0.1) is 6.92 Å². The van der Waals surface area contributed by atoms with E-state index in [0.717, 1.165) is 10.6 Å². The van der Waals surface area contributed by atoms with Crippen molar-refractivity contribution in [3.63, 3.8) is 0 Å². The fraction of sp³-hybridized carbons (Fsp3) is 0.438. The van der Waals surface area contributed by atoms with E-state index in [1.165, 1.54) is 30.6 Å². The van der Waals surface area contributed by atoms with Crippen molar-refractivity contribution in [3.05, 3.63) is 39.6 Å². The van der Waals surface area contributed by atoms with Gasteiger partial charge in [0.05, 0.1) is 12.0 Å². The summed E-state index contributed by atoms with van der Waals surface area (Å²) in [6, 6.07) is 6.34. The lowest BCUT2D eigenvalue weighted by Crippen LogP contribution is -2.15. The van der Waals surface area contributed by atoms with Gasteiger partial charge in [-0.1, -0.05) is 26.8 Å². The van der Waals surface area contributed by atoms with Crippen LogP contribution in [0.5, 0.6) is 5.75 Å². The van der Waals surface area contributed by atoms with E-state index in [-0.39, 0.29) is 10.3 Å². The molecule has 0 bridgehead atoms. The van der Waals surface area contributed by atoms with E-state index in [1.54, 1.807) is 12.1 Å². The Hall–Kier alpha value is -1.60. The lowest BCUT2D eigenvalue weighted by Gasteiger charge is -2.17. The highest BCUT2D eigenvalue weighted by molar-refractivity contribution is 7.90. The number of thiazole rings is 1. The molecule has 2 rings (SSSR count). The zero-order valence-corrected chi connectivity index (χ0v) is 15.9. The van der Waals surface area contributed by atoms with Crippen LogP contribution in [0.2, 0.25) is 0 Å². The Bertz CT molecular complexity index is 885. The molecule has 7 heteroatoms. The van der Waals surface area contributed by atoms with Gasteiger partial charge in [0, 0.05) is 23.7 Å². The summed E-state index contributed by atoms with van der Waals surface area (Å²) < 4.78 is 36.1. The van der Waals surface area contributed by atoms with Crippen molar-refractivity contribution in [1.82, 2.24) is 4.57 Å². The number of nitrogens with zero attached hydrogens (tertiary/aromatic N) is 2. The molecule has 0 amide bonds. The molecule has 1 aromatic heterocycles. The number of rotatable bonds is 3. The fourth-order valence-corrected chi connectivity index (χ4v) is 4.66. The third-order valence-electron chi connectivity index (χ3n) is 3.53. The monoisotopic (exact) mass is 354 g/mol. The number of sulfonamides is 1. The molecule has 0 fully saturated rings. The van der Waals surface area contributed by atoms with Gasteiger partial charge in [-0.05, 0) is 24.5 Å². The SMILES string of the molecule is COc1cccc(S(=O)(=O)/N=c2/sc(C(C)(C)C)c(C)n2C)c1. The average molecular weight is 354 g/mol. The van der Waals surface area contributed by atoms with E-state index in [1.807, 2.05) is 18.5 Å². The lowest BCUT2D eigenvalue weighted by molar-refractivity contribution is 0.413. The number of benzene rings is 1. The number of hydrogen-bond acceptors (Lipinski definition) is 4. The second-order valence-electron chi connectivity index (χ2n) is 6.35. The molecular formula is C16H22N2O3S2. The zero-order chi connectivity index (χ0) is 17.4. The van der Waals surface area contributed by atoms with Gasteiger partial charge in [0.1, 0.15) is 5.75 Å². The minimum absolute atomic E-state index is 0.0555. The van der Waals surface area contributed by atoms with E-state index in [9.17, 15) is 8.42 Å². The van der Waals surface area contributed by atoms with Crippen LogP contribution in [-0.4, -0.2) is 20.1 Å². The Morgan fingerprint density at radius 3 is 2.43 bits per heavy atom. The second-order valence-corrected chi connectivity index (χ2v) is 8.94. The normalized spacial score (nSPS) is 13.4. The molecule has 23 heavy (non-hydrogen) atoms. The van der Waals surface area contributed by atoms with Crippen LogP contribution in [-0.2, 0) is 22.5 Å². The Labute approximate surface area is 141 Å². The minimum Gasteiger partial charge on any atom is -0.497 e. The quantitative estimate of drug-likeness (QED) is 0.851. The van der Waals surface area contributed by atoms with Crippen LogP contribution >= 0.6 is 11.3 Å². The van der Waals surface area contributed by atoms with Gasteiger partial charge in [-0.3, -0.25) is 0 Å². The van der Waals surface area contributed by atoms with Gasteiger partial charge in [0.2, 0.25) is 4.80 Å². The van der Waals surface area contributed by atoms with Crippen LogP contribution in [0.3, 0.4) is 0 Å². The summed E-state index contributed by atoms with van der Waals surface area (Å²) in [5, 5.41) is 0. The number of hydrogen-bond donors (Lipinski definition) is 0. The summed E-state index contributed by atoms with van der Waals surface area (Å²) in [6.45, 7) is 8.29. The van der Waals surface area contributed by atoms with Crippen LogP contribution < -0.4 is 9.54 Å². The topological polar surface area (TPSA) is 60.7 Å². The van der Waals surface area contributed by atoms with Gasteiger partial charge in [-0.25, -0.2) is 0 Å². The molecule has 0 unspecified atom stereocenters. The molecule has 0 aliphatic heterocycles. The first-order valence-electron chi connectivity index (χ1n) is 7.18. The van der Waals surface area contributed by atoms with E-state index in [2.05, 4.69) is 25.2 Å². The van der Waals surface area contributed by atoms with E-state index in [4.69, 9.17) is 4.74 Å². The van der Waals surface area contributed by atoms with E-state index < -0.39 is 10.0 Å². The maximum Gasteiger partial charge on any atom is 0.285 e. The molecule has 0 spiro atoms. The highest BCUT2D eigenvalue weighted by atomic mass is 32.2. The molecule has 0 atom stereocenters. The van der Waals surface area contributed by atoms with Crippen molar-refractivity contribution in [2.24, 2.45) is 11.4 Å². The fourth-order valence-electron chi connectivity index (χ4n) is 2.22. The van der Waals surface area contributed by atoms with Gasteiger partial charge >= 0.3 is 0 Å². The molecule has 0 radical (unpaired) electrons. The Morgan fingerprint density at radius 1 is 1.26 bits per heavy atom. The Balaban J connectivity index is 2.61. The zero-order valence-electron chi connectivity index (χ0n) is 14.2. The summed E-state index contributed by atoms with van der Waals surface area (Å²) in [7, 11) is -0.447. The standard InChI is InChI=1S/C16H22N2O3S2/c1-11-14(16(2,3)4)22-15(18(11)5)17-23(19,20)13-9-7-8-12(10-13)21-6/h7-10H,1-6H3/b17-15+. The average Bonchev–Trinajstić information content (AvgIpc) is 2.75. The second kappa shape index (κ2) is 6.13. The Kier molecular flexibility index (Phi) is 4.73. The Morgan fingerprint density at radius 2 is 1.91 bits per heavy atom. The summed E-state index contributed by atoms with van der Waals surface area (Å²) in [5.41, 5.74) is 0.974. The highest BCUT2D eigenvalue weighted by Gasteiger charge is 2.22. The van der Waals surface area contributed by atoms with Crippen molar-refractivity contribution in [2.45, 2.75) is 38.0 Å². The molecule has 0 aliphatic carbocycles. The molecule has 2 aromatic rings. The van der Waals surface area contributed by atoms with Crippen LogP contribution in [0.4, 0.5) is 0 Å². The van der Waals surface area contributed by atoms with Crippen molar-refractivity contribution in [3.8, 4) is 5.75 Å². The van der Waals surface area contributed by atoms with Crippen molar-refractivity contribution >= 4 is 21.4 Å². The first-order valence-corrected chi connectivity index (χ1v) is 9.44. The van der Waals surface area contributed by atoms with Crippen molar-refractivity contribution in [2.75, 3.05) is 7.11 Å². The predicted octanol–water partition coefficient (Wildman–Crippen LogP) is 2.99. The molecule has 0 saturated carbocycles. The molecule has 1 aromatic carbocycles. The predicted molar refractivity (Wildman–Crippen MR) is 92.5 cm³/mol. The van der Waals surface area contributed by atoms with Crippen LogP contribution in [0.1, 0.15) is 31.3 Å². The third-order valence-corrected chi connectivity index (χ3v) is 6.57. The van der Waals surface area contributed by atoms with Gasteiger partial charge in [-0.15, -0.1) is 15.7 Å². The van der Waals surface area contributed by atoms with Gasteiger partial charge in [0.25, 0.3) is 10.0 Å². The van der Waals surface area contributed by atoms with Gasteiger partial charge < -0.3 is 9.30 Å². The van der Waals surface area contributed by atoms with E-state index in [0.29, 0.717) is 10.6 Å². The lowest BCUT2D eigenvalue weighted by atomic mass is 9.93. The van der Waals surface area contributed by atoms with Crippen molar-refractivity contribution < 1.29 is 13.2 Å². The summed E-state index contributed by atoms with van der Waals surface area (Å²) >= 11 is 1.41. The maximum atomic E-state index is 12.6. The van der Waals surface area contributed by atoms with Crippen LogP contribution in [0.25, 0.3) is 0 Å². The van der Waals surface area contributed by atoms with Gasteiger partial charge in [-0.2, -0.15) is 8.42 Å². The number of aromatic nitrogens is 1. The smallest absolute Gasteiger partial charge is 0.285 e. The summed E-state index contributed by atoms with van der Waals surface area (Å²) in [4.78, 5) is 1.72. The number of ether oxygens (including phenoxy) is 1. The third kappa shape index (κ3) is 3.67. The molecule has 1 heterocycles. The maximum absolute atomic E-state index is 12.6. The molecule has 0 saturated heterocycles. The van der Waals surface area contributed by atoms with Gasteiger partial charge in [0.15, 0.2) is 0 Å². The molecule has 0 aliphatic rings. The van der Waals surface area contributed by atoms with E-state index >= 15 is 0 Å². The summed E-state index contributed by atoms with van der Waals surface area (Å²) in [6.07, 6.45) is 0. The molecule has 5 nitrogen and oxygen atoms in total. The van der Waals surface area contributed by atoms with Crippen molar-refractivity contribution in [1.29, 1.82) is 0 Å². The molecule has 0 N–H and O–H groups in total. The number of methoxy groups -OCH3 is 1. The van der Waals surface area contributed by atoms with Crippen LogP contribution in [0.15, 0.2) is 33.6 Å². The summed E-state index contributed by atoms with van der Waals surface area (Å²) in [5.74, 6) is 0.489. The first-order chi connectivity index (χ1) is 10.6. The first kappa shape index (κ1) is 17.7. The minimum atomic E-state index is -3.78. The highest BCUT2D eigenvalue weighted by Crippen LogP contribution is 2.28. The molecular weight excluding hydrogens is 332 g/mol. The largest absolute Gasteiger partial charge is 0.497 e.